The first kappa shape index (κ1) is 32.3. The molecule has 0 spiro atoms. The summed E-state index contributed by atoms with van der Waals surface area (Å²) in [6.45, 7) is 3.44. The molecule has 0 aromatic heterocycles. The Morgan fingerprint density at radius 1 is 0.462 bits per heavy atom. The highest BCUT2D eigenvalue weighted by Crippen LogP contribution is 2.41. The minimum atomic E-state index is -0.0592. The van der Waals surface area contributed by atoms with E-state index in [4.69, 9.17) is 0 Å². The van der Waals surface area contributed by atoms with E-state index in [2.05, 4.69) is 60.7 Å². The van der Waals surface area contributed by atoms with Crippen LogP contribution in [-0.2, 0) is 0 Å². The molecule has 0 fully saturated rings. The number of aryl methyl sites for hydroxylation is 1. The van der Waals surface area contributed by atoms with Gasteiger partial charge in [-0.1, -0.05) is 109 Å². The molecule has 0 aliphatic heterocycles. The number of nitrogens with zero attached hydrogens (tertiary/aromatic N) is 1. The van der Waals surface area contributed by atoms with E-state index in [9.17, 15) is 14.9 Å². The summed E-state index contributed by atoms with van der Waals surface area (Å²) in [4.78, 5) is 27.2. The average Bonchev–Trinajstić information content (AvgIpc) is 3.30. The van der Waals surface area contributed by atoms with Crippen LogP contribution in [0.1, 0.15) is 28.4 Å². The predicted molar refractivity (Wildman–Crippen MR) is 214 cm³/mol. The largest absolute Gasteiger partial charge is 0.294 e. The summed E-state index contributed by atoms with van der Waals surface area (Å²) >= 11 is 0. The van der Waals surface area contributed by atoms with Gasteiger partial charge in [-0.3, -0.25) is 9.59 Å². The van der Waals surface area contributed by atoms with Crippen LogP contribution in [0.2, 0.25) is 0 Å². The number of benzene rings is 7. The molecule has 8 rings (SSSR count). The Morgan fingerprint density at radius 3 is 1.62 bits per heavy atom. The molecule has 0 amide bonds. The third-order valence-electron chi connectivity index (χ3n) is 9.89. The van der Waals surface area contributed by atoms with Crippen molar-refractivity contribution in [1.82, 2.24) is 0 Å². The van der Waals surface area contributed by atoms with Gasteiger partial charge in [-0.25, -0.2) is 0 Å². The Bertz CT molecular complexity index is 2740. The first-order valence-corrected chi connectivity index (χ1v) is 17.3. The van der Waals surface area contributed by atoms with Gasteiger partial charge in [-0.2, -0.15) is 5.26 Å². The molecule has 8 aromatic rings. The maximum atomic E-state index is 14.1. The van der Waals surface area contributed by atoms with Crippen molar-refractivity contribution in [2.75, 3.05) is 0 Å². The molecule has 246 valence electrons. The number of carbonyl (C=O) groups excluding carboxylic acids is 1. The molecule has 3 nitrogen and oxygen atoms in total. The van der Waals surface area contributed by atoms with E-state index in [0.717, 1.165) is 71.8 Å². The van der Waals surface area contributed by atoms with Crippen LogP contribution in [0.15, 0.2) is 169 Å². The maximum Gasteiger partial charge on any atom is 0.189 e. The second-order valence-corrected chi connectivity index (χ2v) is 13.2. The van der Waals surface area contributed by atoms with Crippen LogP contribution in [0.25, 0.3) is 77.2 Å². The van der Waals surface area contributed by atoms with Crippen molar-refractivity contribution >= 4 is 27.3 Å². The van der Waals surface area contributed by atoms with Gasteiger partial charge in [0.15, 0.2) is 11.2 Å². The van der Waals surface area contributed by atoms with Crippen LogP contribution >= 0.6 is 0 Å². The van der Waals surface area contributed by atoms with Gasteiger partial charge in [-0.15, -0.1) is 0 Å². The van der Waals surface area contributed by atoms with Gasteiger partial charge < -0.3 is 0 Å². The smallest absolute Gasteiger partial charge is 0.189 e. The van der Waals surface area contributed by atoms with Crippen molar-refractivity contribution in [3.63, 3.8) is 0 Å². The zero-order valence-corrected chi connectivity index (χ0v) is 28.9. The third-order valence-corrected chi connectivity index (χ3v) is 9.89. The summed E-state index contributed by atoms with van der Waals surface area (Å²) in [6.07, 6.45) is 0. The maximum absolute atomic E-state index is 14.1. The van der Waals surface area contributed by atoms with E-state index >= 15 is 0 Å². The summed E-state index contributed by atoms with van der Waals surface area (Å²) in [5.41, 5.74) is 11.4. The highest BCUT2D eigenvalue weighted by atomic mass is 16.1. The van der Waals surface area contributed by atoms with Crippen LogP contribution in [-0.4, -0.2) is 5.78 Å². The molecule has 0 saturated carbocycles. The van der Waals surface area contributed by atoms with Gasteiger partial charge in [-0.05, 0) is 146 Å². The normalized spacial score (nSPS) is 11.0. The molecule has 8 aromatic carbocycles. The summed E-state index contributed by atoms with van der Waals surface area (Å²) in [5.74, 6) is -0.0339. The van der Waals surface area contributed by atoms with Crippen molar-refractivity contribution in [1.29, 1.82) is 5.26 Å². The molecule has 52 heavy (non-hydrogen) atoms. The summed E-state index contributed by atoms with van der Waals surface area (Å²) < 4.78 is 0. The van der Waals surface area contributed by atoms with Gasteiger partial charge in [0, 0.05) is 10.9 Å². The molecular weight excluding hydrogens is 635 g/mol. The molecular formula is C49H33NO2. The second-order valence-electron chi connectivity index (χ2n) is 13.2. The SMILES string of the molecule is CC(=O)c1ccccc1-c1cc(-c2cc(-c3ccccc3)cc(-c3ccccc3)c2)cc2c1cc(C)c(=O)c1ccc(-c3ccccc3C#N)cc12. The summed E-state index contributed by atoms with van der Waals surface area (Å²) in [6, 6.07) is 57.1. The molecule has 0 heterocycles. The number of hydrogen-bond acceptors (Lipinski definition) is 3. The fraction of sp³-hybridized carbons (Fsp3) is 0.0408. The average molecular weight is 668 g/mol. The van der Waals surface area contributed by atoms with Crippen molar-refractivity contribution in [2.45, 2.75) is 13.8 Å². The van der Waals surface area contributed by atoms with E-state index in [-0.39, 0.29) is 11.2 Å². The number of carbonyl (C=O) groups is 1. The van der Waals surface area contributed by atoms with Crippen LogP contribution in [0.5, 0.6) is 0 Å². The molecule has 0 N–H and O–H groups in total. The molecule has 0 radical (unpaired) electrons. The molecule has 0 bridgehead atoms. The summed E-state index contributed by atoms with van der Waals surface area (Å²) in [5, 5.41) is 13.1. The standard InChI is InChI=1S/C49H33NO2/c1-31-23-45-46(43-20-12-11-18-41(43)32(2)51)28-40(39-25-37(33-13-5-3-6-14-33)24-38(26-39)34-15-7-4-8-16-34)29-48(45)47-27-35(21-22-44(47)49(31)52)42-19-10-9-17-36(42)30-50/h3-29H,1-2H3. The Labute approximate surface area is 302 Å². The molecule has 0 aliphatic rings. The van der Waals surface area contributed by atoms with Crippen molar-refractivity contribution in [3.8, 4) is 61.7 Å². The van der Waals surface area contributed by atoms with Crippen LogP contribution in [0.4, 0.5) is 0 Å². The number of ketones is 1. The lowest BCUT2D eigenvalue weighted by atomic mass is 9.87. The Morgan fingerprint density at radius 2 is 0.981 bits per heavy atom. The van der Waals surface area contributed by atoms with Gasteiger partial charge >= 0.3 is 0 Å². The van der Waals surface area contributed by atoms with Crippen LogP contribution < -0.4 is 5.43 Å². The topological polar surface area (TPSA) is 57.9 Å². The number of fused-ring (bicyclic) bond motifs is 3. The van der Waals surface area contributed by atoms with Crippen molar-refractivity contribution < 1.29 is 4.79 Å². The summed E-state index contributed by atoms with van der Waals surface area (Å²) in [7, 11) is 0. The fourth-order valence-electron chi connectivity index (χ4n) is 7.29. The number of rotatable bonds is 6. The van der Waals surface area contributed by atoms with E-state index in [1.807, 2.05) is 116 Å². The molecule has 0 unspecified atom stereocenters. The molecule has 3 heteroatoms. The quantitative estimate of drug-likeness (QED) is 0.166. The lowest BCUT2D eigenvalue weighted by Gasteiger charge is -2.16. The number of Topliss-reactive ketones (excluding diaryl/α,β-unsaturated/α-hetero) is 1. The highest BCUT2D eigenvalue weighted by Gasteiger charge is 2.18. The van der Waals surface area contributed by atoms with Crippen molar-refractivity contribution in [2.24, 2.45) is 0 Å². The third kappa shape index (κ3) is 5.87. The highest BCUT2D eigenvalue weighted by molar-refractivity contribution is 6.15. The van der Waals surface area contributed by atoms with E-state index < -0.39 is 0 Å². The number of hydrogen-bond donors (Lipinski definition) is 0. The molecule has 0 atom stereocenters. The number of nitriles is 1. The zero-order chi connectivity index (χ0) is 35.8. The minimum Gasteiger partial charge on any atom is -0.294 e. The Balaban J connectivity index is 1.53. The van der Waals surface area contributed by atoms with E-state index in [0.29, 0.717) is 22.1 Å². The monoisotopic (exact) mass is 667 g/mol. The van der Waals surface area contributed by atoms with Gasteiger partial charge in [0.05, 0.1) is 11.6 Å². The predicted octanol–water partition coefficient (Wildman–Crippen LogP) is 12.1. The molecule has 0 aliphatic carbocycles. The Hall–Kier alpha value is -6.89. The lowest BCUT2D eigenvalue weighted by molar-refractivity contribution is 0.101. The second kappa shape index (κ2) is 13.4. The van der Waals surface area contributed by atoms with Crippen molar-refractivity contribution in [3.05, 3.63) is 191 Å². The van der Waals surface area contributed by atoms with Crippen LogP contribution in [0, 0.1) is 18.3 Å². The fourth-order valence-corrected chi connectivity index (χ4v) is 7.29. The van der Waals surface area contributed by atoms with Gasteiger partial charge in [0.1, 0.15) is 0 Å². The first-order chi connectivity index (χ1) is 25.4. The minimum absolute atomic E-state index is 0.0339. The van der Waals surface area contributed by atoms with E-state index in [1.165, 1.54) is 0 Å². The molecule has 0 saturated heterocycles. The lowest BCUT2D eigenvalue weighted by Crippen LogP contribution is -2.01. The van der Waals surface area contributed by atoms with Crippen LogP contribution in [0.3, 0.4) is 0 Å². The first-order valence-electron chi connectivity index (χ1n) is 17.3. The van der Waals surface area contributed by atoms with Gasteiger partial charge in [0.25, 0.3) is 0 Å². The zero-order valence-electron chi connectivity index (χ0n) is 28.9. The van der Waals surface area contributed by atoms with Gasteiger partial charge in [0.2, 0.25) is 0 Å². The van der Waals surface area contributed by atoms with E-state index in [1.54, 1.807) is 6.92 Å². The Kier molecular flexibility index (Phi) is 8.35.